The standard InChI is InChI=1S/C12H16N2O4/c1-2-16-12(15)14-9-7-11-10(6-8(9)13)17-4-3-5-18-11/h6-7H,2-5,13H2,1H3,(H,14,15). The number of carbonyl (C=O) groups excluding carboxylic acids is 1. The fourth-order valence-electron chi connectivity index (χ4n) is 1.61. The minimum atomic E-state index is -0.543. The number of rotatable bonds is 2. The minimum Gasteiger partial charge on any atom is -0.489 e. The van der Waals surface area contributed by atoms with Crippen molar-refractivity contribution >= 4 is 17.5 Å². The highest BCUT2D eigenvalue weighted by Crippen LogP contribution is 2.36. The van der Waals surface area contributed by atoms with Gasteiger partial charge in [-0.05, 0) is 6.92 Å². The first-order chi connectivity index (χ1) is 8.70. The van der Waals surface area contributed by atoms with Gasteiger partial charge in [-0.2, -0.15) is 0 Å². The molecule has 0 saturated heterocycles. The van der Waals surface area contributed by atoms with Crippen LogP contribution in [0, 0.1) is 0 Å². The maximum Gasteiger partial charge on any atom is 0.411 e. The van der Waals surface area contributed by atoms with E-state index in [0.29, 0.717) is 42.7 Å². The maximum atomic E-state index is 11.3. The van der Waals surface area contributed by atoms with Gasteiger partial charge in [0.15, 0.2) is 11.5 Å². The quantitative estimate of drug-likeness (QED) is 0.786. The first-order valence-electron chi connectivity index (χ1n) is 5.83. The molecule has 0 spiro atoms. The van der Waals surface area contributed by atoms with Crippen LogP contribution < -0.4 is 20.5 Å². The summed E-state index contributed by atoms with van der Waals surface area (Å²) in [6.45, 7) is 3.21. The average Bonchev–Trinajstić information content (AvgIpc) is 2.55. The lowest BCUT2D eigenvalue weighted by atomic mass is 10.2. The van der Waals surface area contributed by atoms with Gasteiger partial charge >= 0.3 is 6.09 Å². The van der Waals surface area contributed by atoms with Gasteiger partial charge < -0.3 is 19.9 Å². The van der Waals surface area contributed by atoms with Crippen molar-refractivity contribution in [2.24, 2.45) is 0 Å². The lowest BCUT2D eigenvalue weighted by molar-refractivity contribution is 0.168. The van der Waals surface area contributed by atoms with E-state index in [0.717, 1.165) is 6.42 Å². The number of fused-ring (bicyclic) bond motifs is 1. The molecule has 6 nitrogen and oxygen atoms in total. The molecule has 18 heavy (non-hydrogen) atoms. The Labute approximate surface area is 105 Å². The third-order valence-corrected chi connectivity index (χ3v) is 2.43. The van der Waals surface area contributed by atoms with E-state index < -0.39 is 6.09 Å². The largest absolute Gasteiger partial charge is 0.489 e. The van der Waals surface area contributed by atoms with Crippen LogP contribution in [-0.4, -0.2) is 25.9 Å². The number of nitrogens with one attached hydrogen (secondary N) is 1. The summed E-state index contributed by atoms with van der Waals surface area (Å²) in [5, 5.41) is 2.56. The molecule has 1 aromatic rings. The second kappa shape index (κ2) is 5.48. The molecule has 0 aliphatic carbocycles. The number of ether oxygens (including phenoxy) is 3. The molecular weight excluding hydrogens is 236 g/mol. The number of anilines is 2. The molecule has 0 bridgehead atoms. The summed E-state index contributed by atoms with van der Waals surface area (Å²) in [6.07, 6.45) is 0.272. The summed E-state index contributed by atoms with van der Waals surface area (Å²) in [6, 6.07) is 3.29. The molecule has 0 fully saturated rings. The van der Waals surface area contributed by atoms with Gasteiger partial charge in [0.1, 0.15) is 0 Å². The van der Waals surface area contributed by atoms with Crippen LogP contribution in [0.2, 0.25) is 0 Å². The van der Waals surface area contributed by atoms with Gasteiger partial charge in [-0.1, -0.05) is 0 Å². The number of hydrogen-bond acceptors (Lipinski definition) is 5. The third-order valence-electron chi connectivity index (χ3n) is 2.43. The topological polar surface area (TPSA) is 82.8 Å². The van der Waals surface area contributed by atoms with Gasteiger partial charge in [-0.15, -0.1) is 0 Å². The Balaban J connectivity index is 2.21. The van der Waals surface area contributed by atoms with Crippen LogP contribution in [0.15, 0.2) is 12.1 Å². The van der Waals surface area contributed by atoms with Crippen LogP contribution in [0.1, 0.15) is 13.3 Å². The number of nitrogen functional groups attached to an aromatic ring is 1. The highest BCUT2D eigenvalue weighted by Gasteiger charge is 2.15. The summed E-state index contributed by atoms with van der Waals surface area (Å²) in [7, 11) is 0. The molecule has 1 aliphatic rings. The molecule has 1 amide bonds. The lowest BCUT2D eigenvalue weighted by Gasteiger charge is -2.12. The van der Waals surface area contributed by atoms with Crippen LogP contribution in [0.4, 0.5) is 16.2 Å². The van der Waals surface area contributed by atoms with Crippen molar-refractivity contribution in [1.82, 2.24) is 0 Å². The predicted molar refractivity (Wildman–Crippen MR) is 67.1 cm³/mol. The van der Waals surface area contributed by atoms with Crippen molar-refractivity contribution in [3.63, 3.8) is 0 Å². The Morgan fingerprint density at radius 3 is 2.72 bits per heavy atom. The zero-order valence-electron chi connectivity index (χ0n) is 10.2. The summed E-state index contributed by atoms with van der Waals surface area (Å²) >= 11 is 0. The molecule has 0 saturated carbocycles. The highest BCUT2D eigenvalue weighted by molar-refractivity contribution is 5.90. The van der Waals surface area contributed by atoms with Crippen LogP contribution in [0.3, 0.4) is 0 Å². The SMILES string of the molecule is CCOC(=O)Nc1cc2c(cc1N)OCCCO2. The van der Waals surface area contributed by atoms with E-state index in [1.165, 1.54) is 0 Å². The minimum absolute atomic E-state index is 0.302. The van der Waals surface area contributed by atoms with Crippen LogP contribution in [0.25, 0.3) is 0 Å². The summed E-state index contributed by atoms with van der Waals surface area (Å²) < 4.78 is 15.8. The van der Waals surface area contributed by atoms with Crippen LogP contribution >= 0.6 is 0 Å². The normalized spacial score (nSPS) is 13.6. The second-order valence-electron chi connectivity index (χ2n) is 3.78. The lowest BCUT2D eigenvalue weighted by Crippen LogP contribution is -2.14. The van der Waals surface area contributed by atoms with E-state index >= 15 is 0 Å². The molecule has 98 valence electrons. The van der Waals surface area contributed by atoms with Gasteiger partial charge in [0.2, 0.25) is 0 Å². The molecular formula is C12H16N2O4. The summed E-state index contributed by atoms with van der Waals surface area (Å²) in [5.41, 5.74) is 6.70. The van der Waals surface area contributed by atoms with Crippen molar-refractivity contribution in [3.8, 4) is 11.5 Å². The number of nitrogens with two attached hydrogens (primary N) is 1. The molecule has 1 heterocycles. The molecule has 0 radical (unpaired) electrons. The smallest absolute Gasteiger partial charge is 0.411 e. The van der Waals surface area contributed by atoms with E-state index in [1.807, 2.05) is 0 Å². The van der Waals surface area contributed by atoms with E-state index in [9.17, 15) is 4.79 Å². The van der Waals surface area contributed by atoms with Crippen molar-refractivity contribution in [3.05, 3.63) is 12.1 Å². The van der Waals surface area contributed by atoms with Crippen molar-refractivity contribution in [2.75, 3.05) is 30.9 Å². The van der Waals surface area contributed by atoms with Crippen molar-refractivity contribution in [1.29, 1.82) is 0 Å². The van der Waals surface area contributed by atoms with Crippen molar-refractivity contribution < 1.29 is 19.0 Å². The second-order valence-corrected chi connectivity index (χ2v) is 3.78. The molecule has 1 aliphatic heterocycles. The Bertz CT molecular complexity index is 448. The zero-order chi connectivity index (χ0) is 13.0. The van der Waals surface area contributed by atoms with E-state index in [-0.39, 0.29) is 0 Å². The van der Waals surface area contributed by atoms with Crippen LogP contribution in [0.5, 0.6) is 11.5 Å². The van der Waals surface area contributed by atoms with Gasteiger partial charge in [0.25, 0.3) is 0 Å². The molecule has 0 unspecified atom stereocenters. The molecule has 0 atom stereocenters. The van der Waals surface area contributed by atoms with Gasteiger partial charge in [-0.25, -0.2) is 4.79 Å². The highest BCUT2D eigenvalue weighted by atomic mass is 16.5. The zero-order valence-corrected chi connectivity index (χ0v) is 10.2. The predicted octanol–water partition coefficient (Wildman–Crippen LogP) is 2.00. The number of carbonyl (C=O) groups is 1. The summed E-state index contributed by atoms with van der Waals surface area (Å²) in [5.74, 6) is 1.17. The first kappa shape index (κ1) is 12.3. The van der Waals surface area contributed by atoms with E-state index in [2.05, 4.69) is 5.32 Å². The molecule has 6 heteroatoms. The Morgan fingerprint density at radius 1 is 1.39 bits per heavy atom. The Kier molecular flexibility index (Phi) is 3.76. The van der Waals surface area contributed by atoms with E-state index in [1.54, 1.807) is 19.1 Å². The fourth-order valence-corrected chi connectivity index (χ4v) is 1.61. The maximum absolute atomic E-state index is 11.3. The molecule has 1 aromatic carbocycles. The van der Waals surface area contributed by atoms with E-state index in [4.69, 9.17) is 19.9 Å². The number of amides is 1. The average molecular weight is 252 g/mol. The molecule has 2 rings (SSSR count). The summed E-state index contributed by atoms with van der Waals surface area (Å²) in [4.78, 5) is 11.3. The molecule has 0 aromatic heterocycles. The Hall–Kier alpha value is -2.11. The molecule has 3 N–H and O–H groups in total. The van der Waals surface area contributed by atoms with Crippen molar-refractivity contribution in [2.45, 2.75) is 13.3 Å². The van der Waals surface area contributed by atoms with Gasteiger partial charge in [0.05, 0.1) is 31.2 Å². The van der Waals surface area contributed by atoms with Crippen LogP contribution in [-0.2, 0) is 4.74 Å². The monoisotopic (exact) mass is 252 g/mol. The van der Waals surface area contributed by atoms with Gasteiger partial charge in [-0.3, -0.25) is 5.32 Å². The number of hydrogen-bond donors (Lipinski definition) is 2. The fraction of sp³-hybridized carbons (Fsp3) is 0.417. The van der Waals surface area contributed by atoms with Gasteiger partial charge in [0, 0.05) is 18.6 Å². The first-order valence-corrected chi connectivity index (χ1v) is 5.83. The number of benzene rings is 1. The Morgan fingerprint density at radius 2 is 2.06 bits per heavy atom. The third kappa shape index (κ3) is 2.77.